The molecule has 0 spiro atoms. The number of anilines is 1. The number of benzene rings is 1. The van der Waals surface area contributed by atoms with Crippen molar-refractivity contribution in [3.8, 4) is 0 Å². The van der Waals surface area contributed by atoms with Gasteiger partial charge in [0.1, 0.15) is 0 Å². The smallest absolute Gasteiger partial charge is 0.0342 e. The summed E-state index contributed by atoms with van der Waals surface area (Å²) in [6.07, 6.45) is 8.80. The van der Waals surface area contributed by atoms with E-state index in [0.717, 1.165) is 25.3 Å². The molecular weight excluding hydrogens is 242 g/mol. The van der Waals surface area contributed by atoms with E-state index in [1.54, 1.807) is 0 Å². The number of alkyl halides is 1. The molecule has 0 saturated heterocycles. The fourth-order valence-corrected chi connectivity index (χ4v) is 2.20. The van der Waals surface area contributed by atoms with Gasteiger partial charge >= 0.3 is 0 Å². The van der Waals surface area contributed by atoms with Crippen LogP contribution >= 0.6 is 11.6 Å². The van der Waals surface area contributed by atoms with E-state index in [4.69, 9.17) is 11.6 Å². The van der Waals surface area contributed by atoms with Gasteiger partial charge in [-0.25, -0.2) is 0 Å². The second kappa shape index (κ2) is 10.3. The van der Waals surface area contributed by atoms with E-state index in [9.17, 15) is 0 Å². The fourth-order valence-electron chi connectivity index (χ4n) is 2.07. The van der Waals surface area contributed by atoms with E-state index in [2.05, 4.69) is 36.5 Å². The molecule has 1 N–H and O–H groups in total. The van der Waals surface area contributed by atoms with Gasteiger partial charge in [-0.15, -0.1) is 11.6 Å². The van der Waals surface area contributed by atoms with Gasteiger partial charge in [-0.2, -0.15) is 0 Å². The Morgan fingerprint density at radius 2 is 1.89 bits per heavy atom. The van der Waals surface area contributed by atoms with Gasteiger partial charge in [0, 0.05) is 18.1 Å². The third kappa shape index (κ3) is 6.90. The van der Waals surface area contributed by atoms with E-state index in [-0.39, 0.29) is 0 Å². The standard InChI is InChI=1S/C16H26ClN/c1-2-3-4-5-6-13-18-16-11-7-9-15(14-16)10-8-12-17/h7,9,11,14,18H,2-6,8,10,12-13H2,1H3. The number of halogens is 1. The number of rotatable bonds is 10. The maximum atomic E-state index is 5.72. The minimum absolute atomic E-state index is 0.745. The molecule has 0 fully saturated rings. The highest BCUT2D eigenvalue weighted by Crippen LogP contribution is 2.13. The number of aryl methyl sites for hydroxylation is 1. The molecule has 0 aliphatic rings. The maximum Gasteiger partial charge on any atom is 0.0342 e. The summed E-state index contributed by atoms with van der Waals surface area (Å²) in [4.78, 5) is 0. The van der Waals surface area contributed by atoms with Crippen LogP contribution in [0.4, 0.5) is 5.69 Å². The summed E-state index contributed by atoms with van der Waals surface area (Å²) in [7, 11) is 0. The van der Waals surface area contributed by atoms with Crippen LogP contribution in [0, 0.1) is 0 Å². The molecule has 2 heteroatoms. The van der Waals surface area contributed by atoms with Crippen molar-refractivity contribution in [2.75, 3.05) is 17.7 Å². The SMILES string of the molecule is CCCCCCCNc1cccc(CCCCl)c1. The van der Waals surface area contributed by atoms with Gasteiger partial charge in [0.15, 0.2) is 0 Å². The number of nitrogens with one attached hydrogen (secondary N) is 1. The highest BCUT2D eigenvalue weighted by atomic mass is 35.5. The molecule has 0 saturated carbocycles. The van der Waals surface area contributed by atoms with Crippen molar-refractivity contribution in [3.05, 3.63) is 29.8 Å². The summed E-state index contributed by atoms with van der Waals surface area (Å²) in [6.45, 7) is 3.34. The number of unbranched alkanes of at least 4 members (excludes halogenated alkanes) is 4. The van der Waals surface area contributed by atoms with Crippen LogP contribution in [-0.2, 0) is 6.42 Å². The Balaban J connectivity index is 2.20. The molecule has 0 aliphatic carbocycles. The quantitative estimate of drug-likeness (QED) is 0.451. The van der Waals surface area contributed by atoms with Gasteiger partial charge in [-0.05, 0) is 37.0 Å². The third-order valence-corrected chi connectivity index (χ3v) is 3.40. The lowest BCUT2D eigenvalue weighted by atomic mass is 10.1. The molecule has 0 aliphatic heterocycles. The van der Waals surface area contributed by atoms with Gasteiger partial charge in [0.05, 0.1) is 0 Å². The molecular formula is C16H26ClN. The predicted molar refractivity (Wildman–Crippen MR) is 82.7 cm³/mol. The van der Waals surface area contributed by atoms with Crippen molar-refractivity contribution >= 4 is 17.3 Å². The third-order valence-electron chi connectivity index (χ3n) is 3.14. The van der Waals surface area contributed by atoms with Crippen LogP contribution in [0.1, 0.15) is 51.0 Å². The van der Waals surface area contributed by atoms with Gasteiger partial charge in [0.25, 0.3) is 0 Å². The van der Waals surface area contributed by atoms with E-state index >= 15 is 0 Å². The van der Waals surface area contributed by atoms with Crippen molar-refractivity contribution in [1.29, 1.82) is 0 Å². The zero-order valence-electron chi connectivity index (χ0n) is 11.6. The first-order valence-electron chi connectivity index (χ1n) is 7.25. The van der Waals surface area contributed by atoms with Crippen LogP contribution in [0.25, 0.3) is 0 Å². The highest BCUT2D eigenvalue weighted by Gasteiger charge is 1.96. The Morgan fingerprint density at radius 1 is 1.06 bits per heavy atom. The maximum absolute atomic E-state index is 5.72. The zero-order valence-corrected chi connectivity index (χ0v) is 12.3. The van der Waals surface area contributed by atoms with E-state index in [0.29, 0.717) is 0 Å². The van der Waals surface area contributed by atoms with Crippen molar-refractivity contribution < 1.29 is 0 Å². The Hall–Kier alpha value is -0.690. The van der Waals surface area contributed by atoms with Crippen LogP contribution in [-0.4, -0.2) is 12.4 Å². The van der Waals surface area contributed by atoms with Crippen molar-refractivity contribution in [3.63, 3.8) is 0 Å². The second-order valence-electron chi connectivity index (χ2n) is 4.83. The molecule has 0 unspecified atom stereocenters. The predicted octanol–water partition coefficient (Wildman–Crippen LogP) is 5.24. The van der Waals surface area contributed by atoms with E-state index in [1.807, 2.05) is 0 Å². The summed E-state index contributed by atoms with van der Waals surface area (Å²) < 4.78 is 0. The first-order valence-corrected chi connectivity index (χ1v) is 7.79. The average Bonchev–Trinajstić information content (AvgIpc) is 2.41. The van der Waals surface area contributed by atoms with Crippen molar-refractivity contribution in [1.82, 2.24) is 0 Å². The molecule has 1 aromatic rings. The van der Waals surface area contributed by atoms with E-state index in [1.165, 1.54) is 43.4 Å². The number of hydrogen-bond donors (Lipinski definition) is 1. The molecule has 0 amide bonds. The first-order chi connectivity index (χ1) is 8.86. The molecule has 1 rings (SSSR count). The molecule has 1 aromatic carbocycles. The second-order valence-corrected chi connectivity index (χ2v) is 5.21. The van der Waals surface area contributed by atoms with Gasteiger partial charge in [-0.3, -0.25) is 0 Å². The fraction of sp³-hybridized carbons (Fsp3) is 0.625. The molecule has 102 valence electrons. The lowest BCUT2D eigenvalue weighted by Gasteiger charge is -2.08. The Bertz CT molecular complexity index is 312. The van der Waals surface area contributed by atoms with Crippen molar-refractivity contribution in [2.24, 2.45) is 0 Å². The minimum Gasteiger partial charge on any atom is -0.385 e. The normalized spacial score (nSPS) is 10.6. The Morgan fingerprint density at radius 3 is 2.67 bits per heavy atom. The molecule has 0 bridgehead atoms. The molecule has 0 radical (unpaired) electrons. The van der Waals surface area contributed by atoms with Crippen LogP contribution in [0.3, 0.4) is 0 Å². The Kier molecular flexibility index (Phi) is 8.75. The molecule has 18 heavy (non-hydrogen) atoms. The monoisotopic (exact) mass is 267 g/mol. The van der Waals surface area contributed by atoms with Crippen LogP contribution in [0.15, 0.2) is 24.3 Å². The Labute approximate surface area is 117 Å². The van der Waals surface area contributed by atoms with E-state index < -0.39 is 0 Å². The largest absolute Gasteiger partial charge is 0.385 e. The average molecular weight is 268 g/mol. The van der Waals surface area contributed by atoms with Gasteiger partial charge in [-0.1, -0.05) is 44.7 Å². The molecule has 0 aromatic heterocycles. The van der Waals surface area contributed by atoms with Gasteiger partial charge < -0.3 is 5.32 Å². The lowest BCUT2D eigenvalue weighted by molar-refractivity contribution is 0.645. The topological polar surface area (TPSA) is 12.0 Å². The zero-order chi connectivity index (χ0) is 13.1. The van der Waals surface area contributed by atoms with Gasteiger partial charge in [0.2, 0.25) is 0 Å². The summed E-state index contributed by atoms with van der Waals surface area (Å²) in [6, 6.07) is 8.71. The highest BCUT2D eigenvalue weighted by molar-refractivity contribution is 6.17. The molecule has 1 nitrogen and oxygen atoms in total. The molecule has 0 heterocycles. The van der Waals surface area contributed by atoms with Crippen LogP contribution in [0.5, 0.6) is 0 Å². The summed E-state index contributed by atoms with van der Waals surface area (Å²) in [5.41, 5.74) is 2.63. The summed E-state index contributed by atoms with van der Waals surface area (Å²) >= 11 is 5.72. The minimum atomic E-state index is 0.745. The van der Waals surface area contributed by atoms with Crippen LogP contribution in [0.2, 0.25) is 0 Å². The number of hydrogen-bond acceptors (Lipinski definition) is 1. The lowest BCUT2D eigenvalue weighted by Crippen LogP contribution is -2.01. The summed E-state index contributed by atoms with van der Waals surface area (Å²) in [5, 5.41) is 3.51. The van der Waals surface area contributed by atoms with Crippen LogP contribution < -0.4 is 5.32 Å². The molecule has 0 atom stereocenters. The van der Waals surface area contributed by atoms with Crippen molar-refractivity contribution in [2.45, 2.75) is 51.9 Å². The summed E-state index contributed by atoms with van der Waals surface area (Å²) in [5.74, 6) is 0.745. The first kappa shape index (κ1) is 15.4.